The summed E-state index contributed by atoms with van der Waals surface area (Å²) >= 11 is 5.85. The average molecular weight is 355 g/mol. The van der Waals surface area contributed by atoms with Gasteiger partial charge >= 0.3 is 5.97 Å². The Labute approximate surface area is 144 Å². The molecule has 1 aromatic rings. The molecule has 0 spiro atoms. The first-order valence-corrected chi connectivity index (χ1v) is 8.16. The minimum atomic E-state index is -0.790. The second-order valence-corrected chi connectivity index (χ2v) is 6.34. The van der Waals surface area contributed by atoms with Crippen LogP contribution in [0.1, 0.15) is 43.0 Å². The molecule has 0 aliphatic heterocycles. The molecule has 1 aromatic carbocycles. The zero-order valence-electron chi connectivity index (χ0n) is 13.3. The Morgan fingerprint density at radius 2 is 2.08 bits per heavy atom. The van der Waals surface area contributed by atoms with Gasteiger partial charge in [0.2, 0.25) is 0 Å². The van der Waals surface area contributed by atoms with Crippen LogP contribution in [0.3, 0.4) is 0 Å². The van der Waals surface area contributed by atoms with E-state index in [0.717, 1.165) is 31.4 Å². The number of amides is 1. The van der Waals surface area contributed by atoms with Gasteiger partial charge in [-0.15, -0.1) is 0 Å². The number of carbonyl (C=O) groups excluding carboxylic acids is 2. The molecular weight excluding hydrogens is 336 g/mol. The number of nitro benzene ring substituents is 1. The van der Waals surface area contributed by atoms with Gasteiger partial charge in [-0.1, -0.05) is 31.4 Å². The molecule has 7 nitrogen and oxygen atoms in total. The normalized spacial score (nSPS) is 20.2. The smallest absolute Gasteiger partial charge is 0.340 e. The van der Waals surface area contributed by atoms with Crippen LogP contribution in [0.2, 0.25) is 5.02 Å². The van der Waals surface area contributed by atoms with Gasteiger partial charge in [-0.3, -0.25) is 14.9 Å². The molecule has 0 unspecified atom stereocenters. The Balaban J connectivity index is 1.88. The maximum atomic E-state index is 12.0. The number of non-ortho nitro benzene ring substituents is 1. The summed E-state index contributed by atoms with van der Waals surface area (Å²) in [6.45, 7) is 1.68. The topological polar surface area (TPSA) is 98.5 Å². The lowest BCUT2D eigenvalue weighted by atomic mass is 9.86. The summed E-state index contributed by atoms with van der Waals surface area (Å²) in [5.41, 5.74) is -0.235. The quantitative estimate of drug-likeness (QED) is 0.497. The van der Waals surface area contributed by atoms with Crippen LogP contribution in [0.25, 0.3) is 0 Å². The lowest BCUT2D eigenvalue weighted by molar-refractivity contribution is -0.384. The highest BCUT2D eigenvalue weighted by molar-refractivity contribution is 6.33. The summed E-state index contributed by atoms with van der Waals surface area (Å²) in [5.74, 6) is -0.746. The predicted molar refractivity (Wildman–Crippen MR) is 88.0 cm³/mol. The molecule has 1 saturated carbocycles. The van der Waals surface area contributed by atoms with E-state index < -0.39 is 17.5 Å². The molecule has 24 heavy (non-hydrogen) atoms. The number of rotatable bonds is 5. The summed E-state index contributed by atoms with van der Waals surface area (Å²) in [5, 5.41) is 13.4. The molecule has 1 N–H and O–H groups in total. The van der Waals surface area contributed by atoms with Gasteiger partial charge < -0.3 is 10.1 Å². The number of nitrogens with zero attached hydrogens (tertiary/aromatic N) is 1. The molecule has 8 heteroatoms. The van der Waals surface area contributed by atoms with Crippen molar-refractivity contribution in [3.8, 4) is 0 Å². The number of esters is 1. The Bertz CT molecular complexity index is 649. The lowest BCUT2D eigenvalue weighted by Gasteiger charge is -2.29. The summed E-state index contributed by atoms with van der Waals surface area (Å²) < 4.78 is 4.94. The Morgan fingerprint density at radius 3 is 2.71 bits per heavy atom. The van der Waals surface area contributed by atoms with E-state index in [1.807, 2.05) is 0 Å². The van der Waals surface area contributed by atoms with E-state index in [4.69, 9.17) is 16.3 Å². The van der Waals surface area contributed by atoms with Gasteiger partial charge in [0, 0.05) is 18.2 Å². The number of benzene rings is 1. The fourth-order valence-electron chi connectivity index (χ4n) is 2.77. The summed E-state index contributed by atoms with van der Waals surface area (Å²) in [4.78, 5) is 33.9. The maximum Gasteiger partial charge on any atom is 0.340 e. The van der Waals surface area contributed by atoms with E-state index in [0.29, 0.717) is 5.92 Å². The van der Waals surface area contributed by atoms with Crippen molar-refractivity contribution in [3.63, 3.8) is 0 Å². The number of carbonyl (C=O) groups is 2. The molecule has 0 aromatic heterocycles. The van der Waals surface area contributed by atoms with Crippen LogP contribution in [-0.2, 0) is 9.53 Å². The highest BCUT2D eigenvalue weighted by atomic mass is 35.5. The van der Waals surface area contributed by atoms with Crippen molar-refractivity contribution in [2.45, 2.75) is 38.6 Å². The van der Waals surface area contributed by atoms with Crippen LogP contribution in [0, 0.1) is 16.0 Å². The number of hydrogen-bond donors (Lipinski definition) is 1. The average Bonchev–Trinajstić information content (AvgIpc) is 2.54. The highest BCUT2D eigenvalue weighted by Gasteiger charge is 2.23. The first-order chi connectivity index (χ1) is 11.4. The minimum absolute atomic E-state index is 0.0129. The van der Waals surface area contributed by atoms with E-state index in [1.165, 1.54) is 12.5 Å². The number of ether oxygens (including phenoxy) is 1. The third kappa shape index (κ3) is 4.67. The zero-order chi connectivity index (χ0) is 17.7. The Kier molecular flexibility index (Phi) is 6.14. The second kappa shape index (κ2) is 8.10. The second-order valence-electron chi connectivity index (χ2n) is 5.93. The van der Waals surface area contributed by atoms with E-state index in [-0.39, 0.29) is 28.2 Å². The van der Waals surface area contributed by atoms with E-state index in [1.54, 1.807) is 0 Å². The molecule has 0 bridgehead atoms. The molecule has 130 valence electrons. The predicted octanol–water partition coefficient (Wildman–Crippen LogP) is 3.10. The molecule has 1 aliphatic carbocycles. The van der Waals surface area contributed by atoms with Crippen molar-refractivity contribution in [1.29, 1.82) is 0 Å². The molecule has 1 aliphatic rings. The van der Waals surface area contributed by atoms with Crippen LogP contribution in [0.4, 0.5) is 5.69 Å². The molecule has 1 amide bonds. The number of nitro groups is 1. The molecule has 0 radical (unpaired) electrons. The molecule has 0 heterocycles. The van der Waals surface area contributed by atoms with Crippen LogP contribution in [0.5, 0.6) is 0 Å². The molecule has 2 rings (SSSR count). The Hall–Kier alpha value is -2.15. The SMILES string of the molecule is C[C@@H]1CCCC[C@@H]1NC(=O)COC(=O)c1ccc([N+](=O)[O-])cc1Cl. The molecule has 0 saturated heterocycles. The first-order valence-electron chi connectivity index (χ1n) is 7.79. The number of nitrogens with one attached hydrogen (secondary N) is 1. The lowest BCUT2D eigenvalue weighted by Crippen LogP contribution is -2.42. The summed E-state index contributed by atoms with van der Waals surface area (Å²) in [6.07, 6.45) is 4.24. The van der Waals surface area contributed by atoms with Crippen LogP contribution in [-0.4, -0.2) is 29.4 Å². The van der Waals surface area contributed by atoms with E-state index >= 15 is 0 Å². The van der Waals surface area contributed by atoms with Gasteiger partial charge in [0.05, 0.1) is 15.5 Å². The summed E-state index contributed by atoms with van der Waals surface area (Å²) in [6, 6.07) is 3.55. The van der Waals surface area contributed by atoms with E-state index in [2.05, 4.69) is 12.2 Å². The highest BCUT2D eigenvalue weighted by Crippen LogP contribution is 2.24. The van der Waals surface area contributed by atoms with Crippen molar-refractivity contribution in [1.82, 2.24) is 5.32 Å². The van der Waals surface area contributed by atoms with Gasteiger partial charge in [-0.05, 0) is 24.8 Å². The third-order valence-corrected chi connectivity index (χ3v) is 4.49. The fourth-order valence-corrected chi connectivity index (χ4v) is 3.02. The van der Waals surface area contributed by atoms with Crippen LogP contribution < -0.4 is 5.32 Å². The van der Waals surface area contributed by atoms with Gasteiger partial charge in [0.1, 0.15) is 0 Å². The molecule has 2 atom stereocenters. The molecular formula is C16H19ClN2O5. The largest absolute Gasteiger partial charge is 0.452 e. The van der Waals surface area contributed by atoms with Crippen molar-refractivity contribution in [3.05, 3.63) is 38.9 Å². The minimum Gasteiger partial charge on any atom is -0.452 e. The van der Waals surface area contributed by atoms with Crippen molar-refractivity contribution >= 4 is 29.2 Å². The van der Waals surface area contributed by atoms with Gasteiger partial charge in [0.15, 0.2) is 6.61 Å². The van der Waals surface area contributed by atoms with Crippen LogP contribution >= 0.6 is 11.6 Å². The monoisotopic (exact) mass is 354 g/mol. The first kappa shape index (κ1) is 18.2. The third-order valence-electron chi connectivity index (χ3n) is 4.18. The number of hydrogen-bond acceptors (Lipinski definition) is 5. The zero-order valence-corrected chi connectivity index (χ0v) is 14.0. The van der Waals surface area contributed by atoms with Crippen molar-refractivity contribution in [2.24, 2.45) is 5.92 Å². The van der Waals surface area contributed by atoms with Gasteiger partial charge in [-0.2, -0.15) is 0 Å². The van der Waals surface area contributed by atoms with Crippen molar-refractivity contribution in [2.75, 3.05) is 6.61 Å². The van der Waals surface area contributed by atoms with Crippen LogP contribution in [0.15, 0.2) is 18.2 Å². The van der Waals surface area contributed by atoms with Gasteiger partial charge in [-0.25, -0.2) is 4.79 Å². The standard InChI is InChI=1S/C16H19ClN2O5/c1-10-4-2-3-5-14(10)18-15(20)9-24-16(21)12-7-6-11(19(22)23)8-13(12)17/h6-8,10,14H,2-5,9H2,1H3,(H,18,20)/t10-,14+/m1/s1. The molecule has 1 fully saturated rings. The summed E-state index contributed by atoms with van der Waals surface area (Å²) in [7, 11) is 0. The maximum absolute atomic E-state index is 12.0. The number of halogens is 1. The van der Waals surface area contributed by atoms with E-state index in [9.17, 15) is 19.7 Å². The van der Waals surface area contributed by atoms with Gasteiger partial charge in [0.25, 0.3) is 11.6 Å². The van der Waals surface area contributed by atoms with Crippen molar-refractivity contribution < 1.29 is 19.2 Å². The Morgan fingerprint density at radius 1 is 1.38 bits per heavy atom. The fraction of sp³-hybridized carbons (Fsp3) is 0.500.